The van der Waals surface area contributed by atoms with Crippen LogP contribution in [-0.2, 0) is 0 Å². The molecule has 0 fully saturated rings. The van der Waals surface area contributed by atoms with Gasteiger partial charge >= 0.3 is 0 Å². The van der Waals surface area contributed by atoms with Crippen molar-refractivity contribution in [2.45, 2.75) is 26.2 Å². The molecular formula is C14H20N4O. The van der Waals surface area contributed by atoms with Crippen LogP contribution in [0.25, 0.3) is 10.9 Å². The molecule has 0 aliphatic carbocycles. The van der Waals surface area contributed by atoms with E-state index in [1.54, 1.807) is 18.2 Å². The second-order valence-electron chi connectivity index (χ2n) is 4.79. The van der Waals surface area contributed by atoms with E-state index in [-0.39, 0.29) is 5.56 Å². The first-order valence-corrected chi connectivity index (χ1v) is 6.62. The molecule has 0 amide bonds. The average Bonchev–Trinajstić information content (AvgIpc) is 2.39. The van der Waals surface area contributed by atoms with Crippen molar-refractivity contribution in [3.63, 3.8) is 0 Å². The predicted octanol–water partition coefficient (Wildman–Crippen LogP) is 2.13. The highest BCUT2D eigenvalue weighted by Gasteiger charge is 2.07. The number of nitrogens with one attached hydrogen (secondary N) is 1. The van der Waals surface area contributed by atoms with Crippen molar-refractivity contribution in [1.82, 2.24) is 9.97 Å². The van der Waals surface area contributed by atoms with E-state index in [0.717, 1.165) is 13.0 Å². The summed E-state index contributed by atoms with van der Waals surface area (Å²) in [6, 6.07) is 5.20. The van der Waals surface area contributed by atoms with Crippen molar-refractivity contribution >= 4 is 22.5 Å². The Morgan fingerprint density at radius 1 is 1.37 bits per heavy atom. The zero-order valence-corrected chi connectivity index (χ0v) is 11.4. The quantitative estimate of drug-likeness (QED) is 0.638. The van der Waals surface area contributed by atoms with Gasteiger partial charge in [-0.2, -0.15) is 0 Å². The summed E-state index contributed by atoms with van der Waals surface area (Å²) in [5.74, 6) is 0.610. The van der Waals surface area contributed by atoms with Crippen LogP contribution in [0.1, 0.15) is 26.2 Å². The van der Waals surface area contributed by atoms with Crippen LogP contribution in [0.4, 0.5) is 11.6 Å². The molecule has 0 aliphatic rings. The van der Waals surface area contributed by atoms with Gasteiger partial charge in [-0.3, -0.25) is 9.78 Å². The summed E-state index contributed by atoms with van der Waals surface area (Å²) in [7, 11) is 1.94. The number of aromatic nitrogens is 2. The van der Waals surface area contributed by atoms with Crippen LogP contribution in [0.3, 0.4) is 0 Å². The molecule has 0 spiro atoms. The van der Waals surface area contributed by atoms with E-state index < -0.39 is 0 Å². The average molecular weight is 260 g/mol. The van der Waals surface area contributed by atoms with Gasteiger partial charge in [0.2, 0.25) is 5.95 Å². The summed E-state index contributed by atoms with van der Waals surface area (Å²) >= 11 is 0. The van der Waals surface area contributed by atoms with Crippen LogP contribution in [0.15, 0.2) is 23.0 Å². The fraction of sp³-hybridized carbons (Fsp3) is 0.429. The monoisotopic (exact) mass is 260 g/mol. The molecule has 0 saturated carbocycles. The van der Waals surface area contributed by atoms with E-state index in [2.05, 4.69) is 16.9 Å². The van der Waals surface area contributed by atoms with Crippen LogP contribution in [0.5, 0.6) is 0 Å². The number of nitrogen functional groups attached to an aromatic ring is 1. The Bertz CT molecular complexity index is 620. The Labute approximate surface area is 112 Å². The summed E-state index contributed by atoms with van der Waals surface area (Å²) in [4.78, 5) is 21.3. The molecule has 0 unspecified atom stereocenters. The topological polar surface area (TPSA) is 75.0 Å². The molecule has 0 aliphatic heterocycles. The molecule has 2 aromatic rings. The van der Waals surface area contributed by atoms with Gasteiger partial charge < -0.3 is 10.6 Å². The predicted molar refractivity (Wildman–Crippen MR) is 79.6 cm³/mol. The highest BCUT2D eigenvalue weighted by molar-refractivity contribution is 5.81. The van der Waals surface area contributed by atoms with E-state index >= 15 is 0 Å². The minimum absolute atomic E-state index is 0.144. The maximum Gasteiger partial charge on any atom is 0.260 e. The Kier molecular flexibility index (Phi) is 4.04. The molecule has 0 saturated heterocycles. The van der Waals surface area contributed by atoms with E-state index in [0.29, 0.717) is 22.5 Å². The molecule has 1 aromatic heterocycles. The van der Waals surface area contributed by atoms with Gasteiger partial charge in [-0.15, -0.1) is 0 Å². The third-order valence-electron chi connectivity index (χ3n) is 3.18. The molecule has 2 rings (SSSR count). The second-order valence-corrected chi connectivity index (χ2v) is 4.79. The zero-order valence-electron chi connectivity index (χ0n) is 11.4. The van der Waals surface area contributed by atoms with Crippen LogP contribution in [0, 0.1) is 0 Å². The van der Waals surface area contributed by atoms with Crippen molar-refractivity contribution in [1.29, 1.82) is 0 Å². The lowest BCUT2D eigenvalue weighted by Crippen LogP contribution is -2.24. The number of nitrogens with two attached hydrogens (primary N) is 1. The fourth-order valence-electron chi connectivity index (χ4n) is 2.03. The Hall–Kier alpha value is -2.04. The smallest absolute Gasteiger partial charge is 0.260 e. The lowest BCUT2D eigenvalue weighted by molar-refractivity contribution is 0.696. The first-order valence-electron chi connectivity index (χ1n) is 6.62. The van der Waals surface area contributed by atoms with Crippen molar-refractivity contribution in [2.24, 2.45) is 0 Å². The molecule has 1 heterocycles. The number of fused-ring (bicyclic) bond motifs is 1. The molecule has 0 radical (unpaired) electrons. The van der Waals surface area contributed by atoms with Crippen molar-refractivity contribution in [3.8, 4) is 0 Å². The van der Waals surface area contributed by atoms with Gasteiger partial charge in [-0.25, -0.2) is 4.98 Å². The number of H-pyrrole nitrogens is 1. The number of unbranched alkanes of at least 4 members (excludes halogenated alkanes) is 2. The molecule has 19 heavy (non-hydrogen) atoms. The van der Waals surface area contributed by atoms with E-state index in [4.69, 9.17) is 5.73 Å². The van der Waals surface area contributed by atoms with Crippen LogP contribution in [0.2, 0.25) is 0 Å². The number of benzene rings is 1. The summed E-state index contributed by atoms with van der Waals surface area (Å²) in [6.07, 6.45) is 3.45. The van der Waals surface area contributed by atoms with E-state index in [9.17, 15) is 4.79 Å². The zero-order chi connectivity index (χ0) is 13.8. The number of hydrogen-bond acceptors (Lipinski definition) is 4. The first kappa shape index (κ1) is 13.4. The number of aromatic amines is 1. The number of hydrogen-bond donors (Lipinski definition) is 2. The van der Waals surface area contributed by atoms with Gasteiger partial charge in [0.15, 0.2) is 0 Å². The SMILES string of the molecule is CCCCCN(C)c1nc2ccc(N)cc2c(=O)[nH]1. The standard InChI is InChI=1S/C14H20N4O/c1-3-4-5-8-18(2)14-16-12-7-6-10(15)9-11(12)13(19)17-14/h6-7,9H,3-5,8,15H2,1-2H3,(H,16,17,19). The van der Waals surface area contributed by atoms with Gasteiger partial charge in [0.05, 0.1) is 10.9 Å². The minimum atomic E-state index is -0.144. The summed E-state index contributed by atoms with van der Waals surface area (Å²) in [6.45, 7) is 3.05. The fourth-order valence-corrected chi connectivity index (χ4v) is 2.03. The van der Waals surface area contributed by atoms with Gasteiger partial charge in [0, 0.05) is 19.3 Å². The Morgan fingerprint density at radius 2 is 2.16 bits per heavy atom. The number of rotatable bonds is 5. The normalized spacial score (nSPS) is 10.8. The third-order valence-corrected chi connectivity index (χ3v) is 3.18. The molecule has 5 nitrogen and oxygen atoms in total. The maximum atomic E-state index is 12.0. The molecule has 0 bridgehead atoms. The van der Waals surface area contributed by atoms with Crippen molar-refractivity contribution in [2.75, 3.05) is 24.2 Å². The summed E-state index contributed by atoms with van der Waals surface area (Å²) in [5.41, 5.74) is 6.79. The highest BCUT2D eigenvalue weighted by atomic mass is 16.1. The number of nitrogens with zero attached hydrogens (tertiary/aromatic N) is 2. The van der Waals surface area contributed by atoms with Crippen LogP contribution >= 0.6 is 0 Å². The van der Waals surface area contributed by atoms with E-state index in [1.165, 1.54) is 12.8 Å². The van der Waals surface area contributed by atoms with Gasteiger partial charge in [-0.1, -0.05) is 19.8 Å². The minimum Gasteiger partial charge on any atom is -0.399 e. The summed E-state index contributed by atoms with van der Waals surface area (Å²) < 4.78 is 0. The highest BCUT2D eigenvalue weighted by Crippen LogP contribution is 2.14. The largest absolute Gasteiger partial charge is 0.399 e. The Morgan fingerprint density at radius 3 is 2.89 bits per heavy atom. The molecule has 0 atom stereocenters. The van der Waals surface area contributed by atoms with Crippen molar-refractivity contribution < 1.29 is 0 Å². The number of anilines is 2. The van der Waals surface area contributed by atoms with Crippen LogP contribution < -0.4 is 16.2 Å². The molecule has 102 valence electrons. The van der Waals surface area contributed by atoms with Crippen LogP contribution in [-0.4, -0.2) is 23.6 Å². The lowest BCUT2D eigenvalue weighted by atomic mass is 10.2. The lowest BCUT2D eigenvalue weighted by Gasteiger charge is -2.17. The van der Waals surface area contributed by atoms with Crippen molar-refractivity contribution in [3.05, 3.63) is 28.6 Å². The van der Waals surface area contributed by atoms with Gasteiger partial charge in [0.25, 0.3) is 5.56 Å². The molecule has 1 aromatic carbocycles. The van der Waals surface area contributed by atoms with E-state index in [1.807, 2.05) is 11.9 Å². The molecular weight excluding hydrogens is 240 g/mol. The second kappa shape index (κ2) is 5.73. The maximum absolute atomic E-state index is 12.0. The van der Waals surface area contributed by atoms with Gasteiger partial charge in [-0.05, 0) is 24.6 Å². The van der Waals surface area contributed by atoms with Gasteiger partial charge in [0.1, 0.15) is 0 Å². The Balaban J connectivity index is 2.30. The molecule has 5 heteroatoms. The summed E-state index contributed by atoms with van der Waals surface area (Å²) in [5, 5.41) is 0.533. The first-order chi connectivity index (χ1) is 9.11. The third kappa shape index (κ3) is 3.05. The molecule has 3 N–H and O–H groups in total.